The van der Waals surface area contributed by atoms with E-state index in [-0.39, 0.29) is 17.9 Å². The zero-order chi connectivity index (χ0) is 11.5. The molecule has 3 heteroatoms. The predicted octanol–water partition coefficient (Wildman–Crippen LogP) is 3.53. The lowest BCUT2D eigenvalue weighted by Crippen LogP contribution is -2.31. The molecule has 0 saturated heterocycles. The topological polar surface area (TPSA) is 12.0 Å². The lowest BCUT2D eigenvalue weighted by Gasteiger charge is -2.28. The summed E-state index contributed by atoms with van der Waals surface area (Å²) >= 11 is 1.80. The van der Waals surface area contributed by atoms with E-state index in [0.29, 0.717) is 0 Å². The Hall–Kier alpha value is -0.800. The standard InChI is InChI=1S/C13H16FNS/c1-3-9(2)15-12-6-7-16-13-5-4-10(14)8-11(12)13/h3-5,8-9,12,15H,1,6-7H2,2H3. The molecule has 0 radical (unpaired) electrons. The maximum Gasteiger partial charge on any atom is 0.123 e. The fourth-order valence-corrected chi connectivity index (χ4v) is 3.03. The molecule has 0 amide bonds. The second-order valence-corrected chi connectivity index (χ2v) is 5.20. The van der Waals surface area contributed by atoms with E-state index in [9.17, 15) is 4.39 Å². The number of hydrogen-bond donors (Lipinski definition) is 1. The first-order valence-corrected chi connectivity index (χ1v) is 6.50. The number of hydrogen-bond acceptors (Lipinski definition) is 2. The zero-order valence-corrected chi connectivity index (χ0v) is 10.2. The van der Waals surface area contributed by atoms with Crippen molar-refractivity contribution < 1.29 is 4.39 Å². The summed E-state index contributed by atoms with van der Waals surface area (Å²) < 4.78 is 13.2. The summed E-state index contributed by atoms with van der Waals surface area (Å²) in [5, 5.41) is 3.45. The van der Waals surface area contributed by atoms with E-state index in [1.54, 1.807) is 17.8 Å². The van der Waals surface area contributed by atoms with E-state index >= 15 is 0 Å². The third-order valence-corrected chi connectivity index (χ3v) is 3.95. The molecule has 0 spiro atoms. The summed E-state index contributed by atoms with van der Waals surface area (Å²) in [5.41, 5.74) is 1.09. The van der Waals surface area contributed by atoms with Crippen LogP contribution in [0.4, 0.5) is 4.39 Å². The maximum absolute atomic E-state index is 13.2. The molecule has 0 aromatic heterocycles. The van der Waals surface area contributed by atoms with Crippen molar-refractivity contribution in [1.29, 1.82) is 0 Å². The van der Waals surface area contributed by atoms with Gasteiger partial charge in [0, 0.05) is 17.0 Å². The Kier molecular flexibility index (Phi) is 3.66. The first kappa shape index (κ1) is 11.7. The van der Waals surface area contributed by atoms with Crippen LogP contribution in [0.5, 0.6) is 0 Å². The van der Waals surface area contributed by atoms with Crippen LogP contribution in [0, 0.1) is 5.82 Å². The lowest BCUT2D eigenvalue weighted by molar-refractivity contribution is 0.479. The summed E-state index contributed by atoms with van der Waals surface area (Å²) in [5.74, 6) is 0.930. The van der Waals surface area contributed by atoms with Gasteiger partial charge in [-0.25, -0.2) is 4.39 Å². The van der Waals surface area contributed by atoms with Gasteiger partial charge >= 0.3 is 0 Å². The molecule has 2 rings (SSSR count). The van der Waals surface area contributed by atoms with Crippen molar-refractivity contribution >= 4 is 11.8 Å². The zero-order valence-electron chi connectivity index (χ0n) is 9.37. The smallest absolute Gasteiger partial charge is 0.123 e. The highest BCUT2D eigenvalue weighted by molar-refractivity contribution is 7.99. The van der Waals surface area contributed by atoms with Crippen LogP contribution in [0.15, 0.2) is 35.7 Å². The number of benzene rings is 1. The van der Waals surface area contributed by atoms with Gasteiger partial charge in [-0.15, -0.1) is 18.3 Å². The monoisotopic (exact) mass is 237 g/mol. The summed E-state index contributed by atoms with van der Waals surface area (Å²) in [4.78, 5) is 1.20. The molecule has 1 N–H and O–H groups in total. The molecule has 0 saturated carbocycles. The molecule has 2 unspecified atom stereocenters. The van der Waals surface area contributed by atoms with E-state index in [1.165, 1.54) is 11.0 Å². The normalized spacial score (nSPS) is 21.2. The van der Waals surface area contributed by atoms with Gasteiger partial charge in [0.25, 0.3) is 0 Å². The Bertz CT molecular complexity index is 392. The van der Waals surface area contributed by atoms with Gasteiger partial charge in [0.05, 0.1) is 0 Å². The number of nitrogens with one attached hydrogen (secondary N) is 1. The van der Waals surface area contributed by atoms with Crippen molar-refractivity contribution in [2.24, 2.45) is 0 Å². The highest BCUT2D eigenvalue weighted by Crippen LogP contribution is 2.36. The summed E-state index contributed by atoms with van der Waals surface area (Å²) in [6.07, 6.45) is 2.92. The van der Waals surface area contributed by atoms with E-state index < -0.39 is 0 Å². The fraction of sp³-hybridized carbons (Fsp3) is 0.385. The Morgan fingerprint density at radius 3 is 3.19 bits per heavy atom. The fourth-order valence-electron chi connectivity index (χ4n) is 1.92. The van der Waals surface area contributed by atoms with E-state index in [2.05, 4.69) is 18.8 Å². The second kappa shape index (κ2) is 5.02. The Morgan fingerprint density at radius 1 is 1.62 bits per heavy atom. The quantitative estimate of drug-likeness (QED) is 0.807. The van der Waals surface area contributed by atoms with Gasteiger partial charge in [-0.2, -0.15) is 0 Å². The minimum atomic E-state index is -0.153. The lowest BCUT2D eigenvalue weighted by atomic mass is 10.0. The Labute approximate surface area is 100 Å². The van der Waals surface area contributed by atoms with Crippen LogP contribution in [0.2, 0.25) is 0 Å². The average molecular weight is 237 g/mol. The second-order valence-electron chi connectivity index (χ2n) is 4.06. The van der Waals surface area contributed by atoms with E-state index in [4.69, 9.17) is 0 Å². The molecule has 1 aliphatic rings. The number of thioether (sulfide) groups is 1. The van der Waals surface area contributed by atoms with Gasteiger partial charge in [-0.1, -0.05) is 6.08 Å². The SMILES string of the molecule is C=CC(C)NC1CCSc2ccc(F)cc21. The van der Waals surface area contributed by atoms with Gasteiger partial charge in [0.2, 0.25) is 0 Å². The van der Waals surface area contributed by atoms with Gasteiger partial charge in [-0.05, 0) is 42.9 Å². The first-order chi connectivity index (χ1) is 7.70. The molecule has 0 aliphatic carbocycles. The minimum Gasteiger partial charge on any atom is -0.304 e. The van der Waals surface area contributed by atoms with Crippen LogP contribution in [0.3, 0.4) is 0 Å². The molecule has 0 bridgehead atoms. The summed E-state index contributed by atoms with van der Waals surface area (Å²) in [6.45, 7) is 5.82. The van der Waals surface area contributed by atoms with E-state index in [1.807, 2.05) is 12.1 Å². The van der Waals surface area contributed by atoms with Crippen molar-refractivity contribution in [3.63, 3.8) is 0 Å². The van der Waals surface area contributed by atoms with Gasteiger partial charge in [0.1, 0.15) is 5.82 Å². The van der Waals surface area contributed by atoms with Crippen LogP contribution in [-0.4, -0.2) is 11.8 Å². The van der Waals surface area contributed by atoms with Gasteiger partial charge < -0.3 is 5.32 Å². The average Bonchev–Trinajstić information content (AvgIpc) is 2.29. The largest absolute Gasteiger partial charge is 0.304 e. The molecule has 86 valence electrons. The predicted molar refractivity (Wildman–Crippen MR) is 67.3 cm³/mol. The molecule has 0 fully saturated rings. The highest BCUT2D eigenvalue weighted by Gasteiger charge is 2.21. The first-order valence-electron chi connectivity index (χ1n) is 5.51. The molecule has 2 atom stereocenters. The highest BCUT2D eigenvalue weighted by atomic mass is 32.2. The summed E-state index contributed by atoms with van der Waals surface area (Å²) in [6, 6.07) is 5.56. The number of fused-ring (bicyclic) bond motifs is 1. The van der Waals surface area contributed by atoms with Crippen molar-refractivity contribution in [1.82, 2.24) is 5.32 Å². The molecular weight excluding hydrogens is 221 g/mol. The third kappa shape index (κ3) is 2.47. The van der Waals surface area contributed by atoms with Crippen molar-refractivity contribution in [2.75, 3.05) is 5.75 Å². The molecule has 1 aliphatic heterocycles. The van der Waals surface area contributed by atoms with Crippen LogP contribution >= 0.6 is 11.8 Å². The van der Waals surface area contributed by atoms with Crippen molar-refractivity contribution in [3.05, 3.63) is 42.2 Å². The van der Waals surface area contributed by atoms with Crippen molar-refractivity contribution in [2.45, 2.75) is 30.3 Å². The van der Waals surface area contributed by atoms with Crippen molar-refractivity contribution in [3.8, 4) is 0 Å². The Morgan fingerprint density at radius 2 is 2.44 bits per heavy atom. The molecule has 1 heterocycles. The summed E-state index contributed by atoms with van der Waals surface area (Å²) in [7, 11) is 0. The van der Waals surface area contributed by atoms with Crippen LogP contribution in [0.25, 0.3) is 0 Å². The Balaban J connectivity index is 2.24. The van der Waals surface area contributed by atoms with Gasteiger partial charge in [-0.3, -0.25) is 0 Å². The molecule has 16 heavy (non-hydrogen) atoms. The molecule has 1 aromatic rings. The molecular formula is C13H16FNS. The maximum atomic E-state index is 13.2. The number of rotatable bonds is 3. The van der Waals surface area contributed by atoms with Crippen LogP contribution in [-0.2, 0) is 0 Å². The van der Waals surface area contributed by atoms with Crippen LogP contribution in [0.1, 0.15) is 24.9 Å². The molecule has 1 aromatic carbocycles. The number of halogens is 1. The van der Waals surface area contributed by atoms with E-state index in [0.717, 1.165) is 17.7 Å². The molecule has 1 nitrogen and oxygen atoms in total. The van der Waals surface area contributed by atoms with Crippen LogP contribution < -0.4 is 5.32 Å². The van der Waals surface area contributed by atoms with Gasteiger partial charge in [0.15, 0.2) is 0 Å². The minimum absolute atomic E-state index is 0.153. The third-order valence-electron chi connectivity index (χ3n) is 2.83.